The molecule has 4 rings (SSSR count). The lowest BCUT2D eigenvalue weighted by Gasteiger charge is -2.07. The largest absolute Gasteiger partial charge is 0.330 e. The number of rotatable bonds is 5. The van der Waals surface area contributed by atoms with Gasteiger partial charge in [-0.1, -0.05) is 41.9 Å². The first-order chi connectivity index (χ1) is 15.3. The van der Waals surface area contributed by atoms with Gasteiger partial charge in [0.15, 0.2) is 5.78 Å². The number of nitrogens with zero attached hydrogens (tertiary/aromatic N) is 1. The van der Waals surface area contributed by atoms with Crippen LogP contribution in [0.1, 0.15) is 32.6 Å². The lowest BCUT2D eigenvalue weighted by atomic mass is 9.99. The van der Waals surface area contributed by atoms with Gasteiger partial charge in [-0.15, -0.1) is 0 Å². The molecule has 0 bridgehead atoms. The summed E-state index contributed by atoms with van der Waals surface area (Å²) in [5.41, 5.74) is 7.05. The van der Waals surface area contributed by atoms with Crippen LogP contribution < -0.4 is 5.69 Å². The summed E-state index contributed by atoms with van der Waals surface area (Å²) in [6.07, 6.45) is 5.04. The topological polar surface area (TPSA) is 54.9 Å². The number of allylic oxidation sites excluding steroid dienone is 1. The summed E-state index contributed by atoms with van der Waals surface area (Å²) in [7, 11) is 0. The van der Waals surface area contributed by atoms with Gasteiger partial charge in [0, 0.05) is 22.3 Å². The molecule has 0 spiro atoms. The zero-order chi connectivity index (χ0) is 22.8. The van der Waals surface area contributed by atoms with Crippen LogP contribution in [0.25, 0.3) is 23.0 Å². The first-order valence-corrected chi connectivity index (χ1v) is 10.7. The number of aromatic amines is 1. The Bertz CT molecular complexity index is 1370. The van der Waals surface area contributed by atoms with Crippen molar-refractivity contribution in [1.82, 2.24) is 9.55 Å². The Morgan fingerprint density at radius 1 is 0.969 bits per heavy atom. The third-order valence-electron chi connectivity index (χ3n) is 5.66. The van der Waals surface area contributed by atoms with Crippen molar-refractivity contribution in [3.8, 4) is 16.9 Å². The number of imidazole rings is 1. The highest BCUT2D eigenvalue weighted by Crippen LogP contribution is 2.24. The van der Waals surface area contributed by atoms with Crippen LogP contribution in [-0.4, -0.2) is 15.3 Å². The molecule has 0 radical (unpaired) electrons. The highest BCUT2D eigenvalue weighted by Gasteiger charge is 2.11. The molecular formula is C27H23ClN2O2. The van der Waals surface area contributed by atoms with E-state index in [1.807, 2.05) is 18.2 Å². The van der Waals surface area contributed by atoms with Crippen LogP contribution in [0.3, 0.4) is 0 Å². The van der Waals surface area contributed by atoms with Crippen LogP contribution in [-0.2, 0) is 0 Å². The van der Waals surface area contributed by atoms with Gasteiger partial charge in [-0.05, 0) is 85.5 Å². The summed E-state index contributed by atoms with van der Waals surface area (Å²) in [4.78, 5) is 28.3. The fraction of sp³-hybridized carbons (Fsp3) is 0.111. The Morgan fingerprint density at radius 3 is 2.34 bits per heavy atom. The van der Waals surface area contributed by atoms with E-state index in [1.54, 1.807) is 42.6 Å². The van der Waals surface area contributed by atoms with Crippen molar-refractivity contribution in [3.63, 3.8) is 0 Å². The van der Waals surface area contributed by atoms with E-state index in [0.717, 1.165) is 16.8 Å². The van der Waals surface area contributed by atoms with Gasteiger partial charge >= 0.3 is 5.69 Å². The van der Waals surface area contributed by atoms with Gasteiger partial charge in [-0.2, -0.15) is 0 Å². The van der Waals surface area contributed by atoms with Crippen molar-refractivity contribution in [3.05, 3.63) is 116 Å². The number of carbonyl (C=O) groups excluding carboxylic acids is 1. The van der Waals surface area contributed by atoms with Crippen molar-refractivity contribution in [2.24, 2.45) is 0 Å². The second-order valence-corrected chi connectivity index (χ2v) is 8.31. The summed E-state index contributed by atoms with van der Waals surface area (Å²) >= 11 is 5.90. The molecule has 1 aromatic heterocycles. The number of aromatic nitrogens is 2. The van der Waals surface area contributed by atoms with E-state index in [2.05, 4.69) is 37.9 Å². The molecule has 4 aromatic rings. The van der Waals surface area contributed by atoms with Gasteiger partial charge in [-0.25, -0.2) is 4.79 Å². The quantitative estimate of drug-likeness (QED) is 0.291. The number of hydrogen-bond acceptors (Lipinski definition) is 2. The summed E-state index contributed by atoms with van der Waals surface area (Å²) < 4.78 is 1.53. The normalized spacial score (nSPS) is 11.2. The number of ketones is 1. The number of carbonyl (C=O) groups is 1. The number of H-pyrrole nitrogens is 1. The SMILES string of the molecule is Cc1cc(-c2cn(-c3cccc(C(=O)/C=C/c4ccc(Cl)cc4)c3)c(=O)[nH]2)cc(C)c1C. The van der Waals surface area contributed by atoms with E-state index in [-0.39, 0.29) is 11.5 Å². The zero-order valence-corrected chi connectivity index (χ0v) is 18.9. The molecule has 0 saturated heterocycles. The molecule has 0 aliphatic carbocycles. The fourth-order valence-electron chi connectivity index (χ4n) is 3.58. The lowest BCUT2D eigenvalue weighted by molar-refractivity contribution is 0.104. The van der Waals surface area contributed by atoms with Crippen LogP contribution in [0.5, 0.6) is 0 Å². The minimum absolute atomic E-state index is 0.143. The van der Waals surface area contributed by atoms with E-state index in [4.69, 9.17) is 11.6 Å². The maximum absolute atomic E-state index is 12.7. The molecule has 5 heteroatoms. The Morgan fingerprint density at radius 2 is 1.66 bits per heavy atom. The Hall–Kier alpha value is -3.63. The van der Waals surface area contributed by atoms with Crippen LogP contribution in [0.15, 0.2) is 77.7 Å². The Balaban J connectivity index is 1.63. The molecule has 0 aliphatic rings. The third-order valence-corrected chi connectivity index (χ3v) is 5.91. The van der Waals surface area contributed by atoms with Gasteiger partial charge in [0.05, 0.1) is 11.4 Å². The van der Waals surface area contributed by atoms with Gasteiger partial charge in [0.2, 0.25) is 0 Å². The van der Waals surface area contributed by atoms with Crippen LogP contribution in [0, 0.1) is 20.8 Å². The minimum Gasteiger partial charge on any atom is -0.305 e. The molecule has 1 heterocycles. The number of benzene rings is 3. The van der Waals surface area contributed by atoms with E-state index in [1.165, 1.54) is 27.3 Å². The smallest absolute Gasteiger partial charge is 0.305 e. The molecule has 160 valence electrons. The summed E-state index contributed by atoms with van der Waals surface area (Å²) in [5, 5.41) is 0.647. The summed E-state index contributed by atoms with van der Waals surface area (Å²) in [6, 6.07) is 18.4. The predicted molar refractivity (Wildman–Crippen MR) is 131 cm³/mol. The number of nitrogens with one attached hydrogen (secondary N) is 1. The van der Waals surface area contributed by atoms with E-state index in [0.29, 0.717) is 16.3 Å². The van der Waals surface area contributed by atoms with Gasteiger partial charge in [0.25, 0.3) is 0 Å². The number of hydrogen-bond donors (Lipinski definition) is 1. The molecule has 0 unspecified atom stereocenters. The van der Waals surface area contributed by atoms with Crippen molar-refractivity contribution in [2.45, 2.75) is 20.8 Å². The van der Waals surface area contributed by atoms with Gasteiger partial charge in [-0.3, -0.25) is 9.36 Å². The Labute approximate surface area is 191 Å². The minimum atomic E-state index is -0.253. The molecular weight excluding hydrogens is 420 g/mol. The first kappa shape index (κ1) is 21.6. The molecule has 32 heavy (non-hydrogen) atoms. The molecule has 4 nitrogen and oxygen atoms in total. The average Bonchev–Trinajstić information content (AvgIpc) is 3.18. The standard InChI is InChI=1S/C27H23ClN2O2/c1-17-13-22(14-18(2)19(17)3)25-16-30(27(32)29-25)24-6-4-5-21(15-24)26(31)12-9-20-7-10-23(28)11-8-20/h4-16H,1-3H3,(H,29,32)/b12-9+. The molecule has 3 aromatic carbocycles. The predicted octanol–water partition coefficient (Wildman–Crippen LogP) is 6.31. The lowest BCUT2D eigenvalue weighted by Crippen LogP contribution is -2.14. The number of aryl methyl sites for hydroxylation is 2. The second kappa shape index (κ2) is 8.85. The first-order valence-electron chi connectivity index (χ1n) is 10.3. The highest BCUT2D eigenvalue weighted by molar-refractivity contribution is 6.30. The fourth-order valence-corrected chi connectivity index (χ4v) is 3.70. The van der Waals surface area contributed by atoms with Crippen LogP contribution >= 0.6 is 11.6 Å². The zero-order valence-electron chi connectivity index (χ0n) is 18.1. The third kappa shape index (κ3) is 4.51. The van der Waals surface area contributed by atoms with Gasteiger partial charge < -0.3 is 4.98 Å². The highest BCUT2D eigenvalue weighted by atomic mass is 35.5. The van der Waals surface area contributed by atoms with E-state index < -0.39 is 0 Å². The van der Waals surface area contributed by atoms with Crippen LogP contribution in [0.4, 0.5) is 0 Å². The van der Waals surface area contributed by atoms with Crippen molar-refractivity contribution in [1.29, 1.82) is 0 Å². The maximum atomic E-state index is 12.7. The van der Waals surface area contributed by atoms with Crippen LogP contribution in [0.2, 0.25) is 5.02 Å². The monoisotopic (exact) mass is 442 g/mol. The molecule has 1 N–H and O–H groups in total. The van der Waals surface area contributed by atoms with Crippen molar-refractivity contribution in [2.75, 3.05) is 0 Å². The molecule has 0 fully saturated rings. The van der Waals surface area contributed by atoms with Gasteiger partial charge in [0.1, 0.15) is 0 Å². The van der Waals surface area contributed by atoms with Crippen molar-refractivity contribution >= 4 is 23.5 Å². The molecule has 0 aliphatic heterocycles. The summed E-state index contributed by atoms with van der Waals surface area (Å²) in [6.45, 7) is 6.22. The average molecular weight is 443 g/mol. The number of halogens is 1. The molecule has 0 atom stereocenters. The molecule has 0 amide bonds. The maximum Gasteiger partial charge on any atom is 0.330 e. The Kier molecular flexibility index (Phi) is 5.97. The van der Waals surface area contributed by atoms with E-state index >= 15 is 0 Å². The molecule has 0 saturated carbocycles. The van der Waals surface area contributed by atoms with E-state index in [9.17, 15) is 9.59 Å². The van der Waals surface area contributed by atoms with Crippen molar-refractivity contribution < 1.29 is 4.79 Å². The second-order valence-electron chi connectivity index (χ2n) is 7.88. The summed E-state index contributed by atoms with van der Waals surface area (Å²) in [5.74, 6) is -0.143.